The Labute approximate surface area is 83.4 Å². The Bertz CT molecular complexity index is 304. The summed E-state index contributed by atoms with van der Waals surface area (Å²) in [4.78, 5) is 14.3. The highest BCUT2D eigenvalue weighted by Crippen LogP contribution is 2.24. The van der Waals surface area contributed by atoms with Gasteiger partial charge in [0.05, 0.1) is 7.11 Å². The summed E-state index contributed by atoms with van der Waals surface area (Å²) in [6.07, 6.45) is 1.81. The number of hydrogen-bond acceptors (Lipinski definition) is 3. The van der Waals surface area contributed by atoms with Crippen molar-refractivity contribution in [2.45, 2.75) is 25.3 Å². The Morgan fingerprint density at radius 1 is 1.64 bits per heavy atom. The zero-order chi connectivity index (χ0) is 10.8. The number of nitrogens with one attached hydrogen (secondary N) is 1. The van der Waals surface area contributed by atoms with Gasteiger partial charge in [-0.05, 0) is 12.1 Å². The highest BCUT2D eigenvalue weighted by Gasteiger charge is 2.35. The number of H-pyrrole nitrogens is 1. The number of nitrogens with two attached hydrogens (primary N) is 1. The van der Waals surface area contributed by atoms with E-state index in [0.29, 0.717) is 0 Å². The van der Waals surface area contributed by atoms with E-state index in [-0.39, 0.29) is 0 Å². The van der Waals surface area contributed by atoms with Crippen LogP contribution in [0.5, 0.6) is 0 Å². The van der Waals surface area contributed by atoms with Crippen molar-refractivity contribution in [3.05, 3.63) is 24.0 Å². The van der Waals surface area contributed by atoms with E-state index in [1.54, 1.807) is 6.20 Å². The van der Waals surface area contributed by atoms with Gasteiger partial charge in [0.25, 0.3) is 0 Å². The molecule has 0 amide bonds. The summed E-state index contributed by atoms with van der Waals surface area (Å²) in [6.45, 7) is 3.81. The first-order valence-corrected chi connectivity index (χ1v) is 4.47. The standard InChI is InChI=1S/C10H16N2O2/c1-10(2,7-5-4-6-12-7)8(11)9(13)14-3/h4-6,8,12H,11H2,1-3H3. The lowest BCUT2D eigenvalue weighted by atomic mass is 9.82. The largest absolute Gasteiger partial charge is 0.468 e. The predicted octanol–water partition coefficient (Wildman–Crippen LogP) is 0.793. The van der Waals surface area contributed by atoms with Crippen molar-refractivity contribution in [2.24, 2.45) is 5.73 Å². The van der Waals surface area contributed by atoms with Crippen molar-refractivity contribution in [1.29, 1.82) is 0 Å². The van der Waals surface area contributed by atoms with Gasteiger partial charge in [-0.1, -0.05) is 13.8 Å². The van der Waals surface area contributed by atoms with Crippen LogP contribution in [0.4, 0.5) is 0 Å². The minimum atomic E-state index is -0.661. The van der Waals surface area contributed by atoms with Gasteiger partial charge in [-0.15, -0.1) is 0 Å². The lowest BCUT2D eigenvalue weighted by Gasteiger charge is -2.28. The Morgan fingerprint density at radius 3 is 2.71 bits per heavy atom. The molecule has 1 rings (SSSR count). The van der Waals surface area contributed by atoms with Crippen LogP contribution in [0.25, 0.3) is 0 Å². The maximum atomic E-state index is 11.3. The number of hydrogen-bond donors (Lipinski definition) is 2. The highest BCUT2D eigenvalue weighted by molar-refractivity contribution is 5.77. The van der Waals surface area contributed by atoms with E-state index >= 15 is 0 Å². The van der Waals surface area contributed by atoms with Gasteiger partial charge in [-0.3, -0.25) is 4.79 Å². The number of carbonyl (C=O) groups is 1. The van der Waals surface area contributed by atoms with E-state index < -0.39 is 17.4 Å². The van der Waals surface area contributed by atoms with Gasteiger partial charge in [0.2, 0.25) is 0 Å². The van der Waals surface area contributed by atoms with Gasteiger partial charge in [0, 0.05) is 17.3 Å². The molecule has 0 aliphatic carbocycles. The first kappa shape index (κ1) is 10.8. The molecular formula is C10H16N2O2. The molecule has 3 N–H and O–H groups in total. The van der Waals surface area contributed by atoms with Gasteiger partial charge < -0.3 is 15.5 Å². The number of esters is 1. The van der Waals surface area contributed by atoms with Crippen molar-refractivity contribution in [1.82, 2.24) is 4.98 Å². The summed E-state index contributed by atoms with van der Waals surface area (Å²) in [7, 11) is 1.34. The summed E-state index contributed by atoms with van der Waals surface area (Å²) in [5.41, 5.74) is 6.28. The average Bonchev–Trinajstić information content (AvgIpc) is 2.68. The topological polar surface area (TPSA) is 68.1 Å². The molecule has 0 aliphatic heterocycles. The molecule has 0 saturated heterocycles. The maximum absolute atomic E-state index is 11.3. The molecule has 0 aliphatic rings. The van der Waals surface area contributed by atoms with Gasteiger partial charge in [-0.2, -0.15) is 0 Å². The molecule has 4 heteroatoms. The molecule has 4 nitrogen and oxygen atoms in total. The molecule has 1 aromatic heterocycles. The fourth-order valence-corrected chi connectivity index (χ4v) is 1.32. The lowest BCUT2D eigenvalue weighted by molar-refractivity contribution is -0.143. The highest BCUT2D eigenvalue weighted by atomic mass is 16.5. The second-order valence-electron chi connectivity index (χ2n) is 3.81. The fourth-order valence-electron chi connectivity index (χ4n) is 1.32. The quantitative estimate of drug-likeness (QED) is 0.702. The molecule has 78 valence electrons. The van der Waals surface area contributed by atoms with Gasteiger partial charge >= 0.3 is 5.97 Å². The third kappa shape index (κ3) is 1.80. The smallest absolute Gasteiger partial charge is 0.323 e. The van der Waals surface area contributed by atoms with Crippen LogP contribution in [-0.4, -0.2) is 24.1 Å². The molecule has 0 bridgehead atoms. The Morgan fingerprint density at radius 2 is 2.29 bits per heavy atom. The minimum Gasteiger partial charge on any atom is -0.468 e. The van der Waals surface area contributed by atoms with Crippen molar-refractivity contribution in [3.63, 3.8) is 0 Å². The summed E-state index contributed by atoms with van der Waals surface area (Å²) < 4.78 is 4.62. The van der Waals surface area contributed by atoms with Crippen molar-refractivity contribution in [2.75, 3.05) is 7.11 Å². The minimum absolute atomic E-state index is 0.399. The molecule has 0 radical (unpaired) electrons. The summed E-state index contributed by atoms with van der Waals surface area (Å²) in [6, 6.07) is 3.12. The molecule has 0 saturated carbocycles. The third-order valence-electron chi connectivity index (χ3n) is 2.52. The van der Waals surface area contributed by atoms with Crippen LogP contribution in [-0.2, 0) is 14.9 Å². The first-order chi connectivity index (χ1) is 6.50. The molecular weight excluding hydrogens is 180 g/mol. The first-order valence-electron chi connectivity index (χ1n) is 4.47. The summed E-state index contributed by atoms with van der Waals surface area (Å²) >= 11 is 0. The van der Waals surface area contributed by atoms with E-state index in [9.17, 15) is 4.79 Å². The monoisotopic (exact) mass is 196 g/mol. The SMILES string of the molecule is COC(=O)C(N)C(C)(C)c1ccc[nH]1. The van der Waals surface area contributed by atoms with Gasteiger partial charge in [0.1, 0.15) is 6.04 Å². The van der Waals surface area contributed by atoms with Crippen molar-refractivity contribution in [3.8, 4) is 0 Å². The predicted molar refractivity (Wildman–Crippen MR) is 53.8 cm³/mol. The molecule has 1 heterocycles. The second kappa shape index (κ2) is 3.84. The fraction of sp³-hybridized carbons (Fsp3) is 0.500. The number of aromatic nitrogens is 1. The van der Waals surface area contributed by atoms with Crippen LogP contribution in [0.3, 0.4) is 0 Å². The van der Waals surface area contributed by atoms with Crippen LogP contribution in [0.15, 0.2) is 18.3 Å². The van der Waals surface area contributed by atoms with E-state index in [2.05, 4.69) is 9.72 Å². The van der Waals surface area contributed by atoms with Crippen molar-refractivity contribution >= 4 is 5.97 Å². The normalized spacial score (nSPS) is 13.7. The van der Waals surface area contributed by atoms with E-state index in [1.807, 2.05) is 26.0 Å². The van der Waals surface area contributed by atoms with E-state index in [0.717, 1.165) is 5.69 Å². The Hall–Kier alpha value is -1.29. The molecule has 0 spiro atoms. The summed E-state index contributed by atoms with van der Waals surface area (Å²) in [5, 5.41) is 0. The number of ether oxygens (including phenoxy) is 1. The number of carbonyl (C=O) groups excluding carboxylic acids is 1. The van der Waals surface area contributed by atoms with Crippen LogP contribution in [0, 0.1) is 0 Å². The maximum Gasteiger partial charge on any atom is 0.323 e. The Balaban J connectivity index is 2.90. The van der Waals surface area contributed by atoms with E-state index in [4.69, 9.17) is 5.73 Å². The molecule has 1 aromatic rings. The zero-order valence-corrected chi connectivity index (χ0v) is 8.70. The van der Waals surface area contributed by atoms with Crippen molar-refractivity contribution < 1.29 is 9.53 Å². The third-order valence-corrected chi connectivity index (χ3v) is 2.52. The number of aromatic amines is 1. The van der Waals surface area contributed by atoms with Crippen LogP contribution >= 0.6 is 0 Å². The van der Waals surface area contributed by atoms with E-state index in [1.165, 1.54) is 7.11 Å². The molecule has 0 aromatic carbocycles. The van der Waals surface area contributed by atoms with Gasteiger partial charge in [-0.25, -0.2) is 0 Å². The second-order valence-corrected chi connectivity index (χ2v) is 3.81. The lowest BCUT2D eigenvalue weighted by Crippen LogP contribution is -2.47. The number of methoxy groups -OCH3 is 1. The molecule has 1 atom stereocenters. The number of rotatable bonds is 3. The zero-order valence-electron chi connectivity index (χ0n) is 8.70. The van der Waals surface area contributed by atoms with Crippen LogP contribution in [0.2, 0.25) is 0 Å². The average molecular weight is 196 g/mol. The van der Waals surface area contributed by atoms with Crippen LogP contribution < -0.4 is 5.73 Å². The molecule has 14 heavy (non-hydrogen) atoms. The molecule has 0 fully saturated rings. The Kier molecular flexibility index (Phi) is 2.96. The molecule has 1 unspecified atom stereocenters. The summed E-state index contributed by atoms with van der Waals surface area (Å²) in [5.74, 6) is -0.399. The van der Waals surface area contributed by atoms with Gasteiger partial charge in [0.15, 0.2) is 0 Å². The van der Waals surface area contributed by atoms with Crippen LogP contribution in [0.1, 0.15) is 19.5 Å².